The third-order valence-electron chi connectivity index (χ3n) is 5.14. The first-order chi connectivity index (χ1) is 15.4. The van der Waals surface area contributed by atoms with Crippen LogP contribution < -0.4 is 15.1 Å². The van der Waals surface area contributed by atoms with Crippen molar-refractivity contribution in [2.45, 2.75) is 25.7 Å². The summed E-state index contributed by atoms with van der Waals surface area (Å²) < 4.78 is 21.2. The molecule has 7 heteroatoms. The molecule has 1 N–H and O–H groups in total. The van der Waals surface area contributed by atoms with Crippen molar-refractivity contribution >= 4 is 5.97 Å². The quantitative estimate of drug-likeness (QED) is 0.505. The molecule has 1 unspecified atom stereocenters. The van der Waals surface area contributed by atoms with E-state index in [0.29, 0.717) is 24.3 Å². The molecule has 168 valence electrons. The van der Waals surface area contributed by atoms with Crippen LogP contribution in [-0.2, 0) is 16.0 Å². The van der Waals surface area contributed by atoms with E-state index in [2.05, 4.69) is 0 Å². The van der Waals surface area contributed by atoms with Crippen LogP contribution in [-0.4, -0.2) is 31.9 Å². The molecule has 0 fully saturated rings. The lowest BCUT2D eigenvalue weighted by molar-refractivity contribution is -0.140. The van der Waals surface area contributed by atoms with Gasteiger partial charge in [-0.15, -0.1) is 0 Å². The molecule has 0 aliphatic rings. The van der Waals surface area contributed by atoms with Crippen LogP contribution in [0.3, 0.4) is 0 Å². The Bertz CT molecular complexity index is 1120. The van der Waals surface area contributed by atoms with E-state index < -0.39 is 17.5 Å². The molecule has 1 heterocycles. The standard InChI is InChI=1S/C25H26O7/c1-16-14-21(26)24(25(28)32-16)20(15-23(27)30-3)19-6-4-5-7-22(19)31-13-12-17-8-10-18(29-2)11-9-17/h4-11,14,20,26H,12-13,15H2,1-3H3. The lowest BCUT2D eigenvalue weighted by atomic mass is 9.88. The number of methoxy groups -OCH3 is 2. The maximum absolute atomic E-state index is 12.6. The van der Waals surface area contributed by atoms with Gasteiger partial charge < -0.3 is 23.7 Å². The van der Waals surface area contributed by atoms with Crippen molar-refractivity contribution in [2.75, 3.05) is 20.8 Å². The Morgan fingerprint density at radius 2 is 1.81 bits per heavy atom. The maximum Gasteiger partial charge on any atom is 0.343 e. The number of hydrogen-bond acceptors (Lipinski definition) is 7. The summed E-state index contributed by atoms with van der Waals surface area (Å²) in [6.07, 6.45) is 0.495. The average Bonchev–Trinajstić information content (AvgIpc) is 2.78. The first-order valence-electron chi connectivity index (χ1n) is 10.2. The molecule has 0 saturated carbocycles. The van der Waals surface area contributed by atoms with Gasteiger partial charge in [-0.3, -0.25) is 4.79 Å². The molecule has 0 bridgehead atoms. The second-order valence-corrected chi connectivity index (χ2v) is 7.26. The highest BCUT2D eigenvalue weighted by Gasteiger charge is 2.28. The van der Waals surface area contributed by atoms with Crippen molar-refractivity contribution in [1.82, 2.24) is 0 Å². The zero-order valence-electron chi connectivity index (χ0n) is 18.3. The second kappa shape index (κ2) is 10.5. The van der Waals surface area contributed by atoms with Gasteiger partial charge in [0.1, 0.15) is 23.0 Å². The van der Waals surface area contributed by atoms with Crippen LogP contribution in [0.15, 0.2) is 63.8 Å². The largest absolute Gasteiger partial charge is 0.507 e. The van der Waals surface area contributed by atoms with Gasteiger partial charge in [-0.25, -0.2) is 4.79 Å². The van der Waals surface area contributed by atoms with Crippen LogP contribution in [0.25, 0.3) is 0 Å². The molecule has 0 amide bonds. The minimum atomic E-state index is -0.795. The van der Waals surface area contributed by atoms with E-state index in [1.165, 1.54) is 13.2 Å². The number of carbonyl (C=O) groups is 1. The van der Waals surface area contributed by atoms with Gasteiger partial charge in [-0.05, 0) is 30.7 Å². The normalized spacial score (nSPS) is 11.6. The van der Waals surface area contributed by atoms with Gasteiger partial charge in [-0.1, -0.05) is 30.3 Å². The highest BCUT2D eigenvalue weighted by Crippen LogP contribution is 2.37. The Labute approximate surface area is 186 Å². The molecule has 0 aliphatic carbocycles. The topological polar surface area (TPSA) is 95.2 Å². The molecule has 1 atom stereocenters. The number of esters is 1. The van der Waals surface area contributed by atoms with Gasteiger partial charge in [-0.2, -0.15) is 0 Å². The van der Waals surface area contributed by atoms with E-state index in [0.717, 1.165) is 11.3 Å². The summed E-state index contributed by atoms with van der Waals surface area (Å²) in [5, 5.41) is 10.5. The third-order valence-corrected chi connectivity index (χ3v) is 5.14. The second-order valence-electron chi connectivity index (χ2n) is 7.26. The SMILES string of the molecule is COC(=O)CC(c1ccccc1OCCc1ccc(OC)cc1)c1c(O)cc(C)oc1=O. The number of rotatable bonds is 9. The van der Waals surface area contributed by atoms with Gasteiger partial charge in [0.25, 0.3) is 0 Å². The van der Waals surface area contributed by atoms with Crippen molar-refractivity contribution < 1.29 is 28.5 Å². The van der Waals surface area contributed by atoms with Gasteiger partial charge in [0.2, 0.25) is 0 Å². The number of benzene rings is 2. The zero-order chi connectivity index (χ0) is 23.1. The van der Waals surface area contributed by atoms with Crippen LogP contribution in [0.1, 0.15) is 34.8 Å². The molecule has 32 heavy (non-hydrogen) atoms. The number of para-hydroxylation sites is 1. The first-order valence-corrected chi connectivity index (χ1v) is 10.2. The summed E-state index contributed by atoms with van der Waals surface area (Å²) in [6.45, 7) is 1.94. The Morgan fingerprint density at radius 1 is 1.09 bits per heavy atom. The molecular weight excluding hydrogens is 412 g/mol. The molecule has 3 aromatic rings. The predicted octanol–water partition coefficient (Wildman–Crippen LogP) is 3.98. The number of aromatic hydroxyl groups is 1. The van der Waals surface area contributed by atoms with E-state index in [1.807, 2.05) is 24.3 Å². The average molecular weight is 438 g/mol. The highest BCUT2D eigenvalue weighted by atomic mass is 16.5. The fraction of sp³-hybridized carbons (Fsp3) is 0.280. The molecule has 3 rings (SSSR count). The Hall–Kier alpha value is -3.74. The fourth-order valence-electron chi connectivity index (χ4n) is 3.51. The van der Waals surface area contributed by atoms with Crippen LogP contribution in [0, 0.1) is 6.92 Å². The Kier molecular flexibility index (Phi) is 7.54. The first kappa shape index (κ1) is 22.9. The fourth-order valence-corrected chi connectivity index (χ4v) is 3.51. The van der Waals surface area contributed by atoms with Crippen LogP contribution in [0.4, 0.5) is 0 Å². The molecule has 0 aliphatic heterocycles. The smallest absolute Gasteiger partial charge is 0.343 e. The molecule has 1 aromatic heterocycles. The van der Waals surface area contributed by atoms with Gasteiger partial charge in [0, 0.05) is 24.0 Å². The van der Waals surface area contributed by atoms with Crippen LogP contribution in [0.5, 0.6) is 17.2 Å². The molecule has 0 saturated heterocycles. The number of carbonyl (C=O) groups excluding carboxylic acids is 1. The summed E-state index contributed by atoms with van der Waals surface area (Å²) in [4.78, 5) is 24.7. The van der Waals surface area contributed by atoms with Crippen molar-refractivity contribution in [3.8, 4) is 17.2 Å². The molecular formula is C25H26O7. The summed E-state index contributed by atoms with van der Waals surface area (Å²) in [5.74, 6) is 0.00775. The van der Waals surface area contributed by atoms with E-state index in [4.69, 9.17) is 18.6 Å². The summed E-state index contributed by atoms with van der Waals surface area (Å²) in [6, 6.07) is 16.2. The number of hydrogen-bond donors (Lipinski definition) is 1. The summed E-state index contributed by atoms with van der Waals surface area (Å²) >= 11 is 0. The minimum Gasteiger partial charge on any atom is -0.507 e. The maximum atomic E-state index is 12.6. The van der Waals surface area contributed by atoms with E-state index >= 15 is 0 Å². The molecule has 0 radical (unpaired) electrons. The van der Waals surface area contributed by atoms with E-state index in [-0.39, 0.29) is 23.5 Å². The lowest BCUT2D eigenvalue weighted by Gasteiger charge is -2.20. The van der Waals surface area contributed by atoms with E-state index in [1.54, 1.807) is 38.3 Å². The van der Waals surface area contributed by atoms with Gasteiger partial charge in [0.15, 0.2) is 0 Å². The van der Waals surface area contributed by atoms with Gasteiger partial charge >= 0.3 is 11.6 Å². The highest BCUT2D eigenvalue weighted by molar-refractivity contribution is 5.72. The van der Waals surface area contributed by atoms with E-state index in [9.17, 15) is 14.7 Å². The minimum absolute atomic E-state index is 0.00722. The lowest BCUT2D eigenvalue weighted by Crippen LogP contribution is -2.19. The number of ether oxygens (including phenoxy) is 3. The zero-order valence-corrected chi connectivity index (χ0v) is 18.3. The monoisotopic (exact) mass is 438 g/mol. The Balaban J connectivity index is 1.89. The third kappa shape index (κ3) is 5.49. The van der Waals surface area contributed by atoms with Crippen molar-refractivity contribution in [3.05, 3.63) is 87.5 Å². The summed E-state index contributed by atoms with van der Waals surface area (Å²) in [7, 11) is 2.89. The number of aryl methyl sites for hydroxylation is 1. The Morgan fingerprint density at radius 3 is 2.47 bits per heavy atom. The van der Waals surface area contributed by atoms with Crippen LogP contribution >= 0.6 is 0 Å². The van der Waals surface area contributed by atoms with Crippen molar-refractivity contribution in [3.63, 3.8) is 0 Å². The molecule has 7 nitrogen and oxygen atoms in total. The van der Waals surface area contributed by atoms with Crippen molar-refractivity contribution in [1.29, 1.82) is 0 Å². The summed E-state index contributed by atoms with van der Waals surface area (Å²) in [5.41, 5.74) is 0.946. The molecule has 0 spiro atoms. The van der Waals surface area contributed by atoms with Crippen molar-refractivity contribution in [2.24, 2.45) is 0 Å². The van der Waals surface area contributed by atoms with Crippen LogP contribution in [0.2, 0.25) is 0 Å². The van der Waals surface area contributed by atoms with Gasteiger partial charge in [0.05, 0.1) is 32.8 Å². The predicted molar refractivity (Wildman–Crippen MR) is 118 cm³/mol. The molecule has 2 aromatic carbocycles.